The molecule has 3 unspecified atom stereocenters. The summed E-state index contributed by atoms with van der Waals surface area (Å²) in [6.45, 7) is 5.84. The fourth-order valence-corrected chi connectivity index (χ4v) is 5.66. The Morgan fingerprint density at radius 1 is 1.29 bits per heavy atom. The summed E-state index contributed by atoms with van der Waals surface area (Å²) < 4.78 is 5.20. The van der Waals surface area contributed by atoms with Crippen molar-refractivity contribution in [3.63, 3.8) is 0 Å². The summed E-state index contributed by atoms with van der Waals surface area (Å²) in [6, 6.07) is 8.23. The van der Waals surface area contributed by atoms with Gasteiger partial charge in [-0.3, -0.25) is 9.59 Å². The molecule has 0 bridgehead atoms. The van der Waals surface area contributed by atoms with E-state index in [1.165, 1.54) is 0 Å². The van der Waals surface area contributed by atoms with E-state index in [2.05, 4.69) is 5.32 Å². The maximum absolute atomic E-state index is 12.8. The van der Waals surface area contributed by atoms with Crippen LogP contribution in [0.2, 0.25) is 0 Å². The summed E-state index contributed by atoms with van der Waals surface area (Å²) in [5, 5.41) is 2.62. The number of rotatable bonds is 6. The van der Waals surface area contributed by atoms with Gasteiger partial charge in [0.1, 0.15) is 23.6 Å². The molecule has 1 aromatic carbocycles. The van der Waals surface area contributed by atoms with Gasteiger partial charge in [-0.2, -0.15) is 0 Å². The van der Waals surface area contributed by atoms with Gasteiger partial charge in [-0.05, 0) is 45.1 Å². The van der Waals surface area contributed by atoms with Gasteiger partial charge >= 0.3 is 5.97 Å². The first-order valence-electron chi connectivity index (χ1n) is 9.82. The normalized spacial score (nSPS) is 28.9. The molecular formula is C21H26N2O4S. The largest absolute Gasteiger partial charge is 0.461 e. The van der Waals surface area contributed by atoms with Gasteiger partial charge in [-0.25, -0.2) is 4.79 Å². The second-order valence-electron chi connectivity index (χ2n) is 8.45. The number of thioether (sulfide) groups is 1. The third-order valence-electron chi connectivity index (χ3n) is 5.78. The minimum atomic E-state index is -0.613. The predicted octanol–water partition coefficient (Wildman–Crippen LogP) is 2.12. The Balaban J connectivity index is 1.40. The molecule has 4 rings (SSSR count). The molecule has 1 saturated carbocycles. The fourth-order valence-electron chi connectivity index (χ4n) is 4.04. The van der Waals surface area contributed by atoms with Crippen LogP contribution in [-0.2, 0) is 25.5 Å². The van der Waals surface area contributed by atoms with Crippen LogP contribution >= 0.6 is 11.8 Å². The molecular weight excluding hydrogens is 376 g/mol. The second-order valence-corrected chi connectivity index (χ2v) is 10.2. The highest BCUT2D eigenvalue weighted by molar-refractivity contribution is 8.01. The number of ether oxygens (including phenoxy) is 1. The van der Waals surface area contributed by atoms with E-state index in [1.807, 2.05) is 51.1 Å². The lowest BCUT2D eigenvalue weighted by Crippen LogP contribution is -2.70. The SMILES string of the molecule is CC(OC(=O)C1N2C(=O)C(NC(=O)Cc3ccccc3)[C@H]2SC1(C)C)C1CC1. The molecule has 0 radical (unpaired) electrons. The summed E-state index contributed by atoms with van der Waals surface area (Å²) in [4.78, 5) is 39.5. The Labute approximate surface area is 169 Å². The molecule has 0 spiro atoms. The lowest BCUT2D eigenvalue weighted by atomic mass is 9.95. The first-order chi connectivity index (χ1) is 13.3. The Kier molecular flexibility index (Phi) is 4.89. The van der Waals surface area contributed by atoms with Crippen LogP contribution in [0.5, 0.6) is 0 Å². The van der Waals surface area contributed by atoms with Crippen molar-refractivity contribution in [3.8, 4) is 0 Å². The molecule has 7 heteroatoms. The number of nitrogens with zero attached hydrogens (tertiary/aromatic N) is 1. The molecule has 3 aliphatic rings. The number of carbonyl (C=O) groups excluding carboxylic acids is 3. The van der Waals surface area contributed by atoms with E-state index in [0.717, 1.165) is 18.4 Å². The average molecular weight is 403 g/mol. The van der Waals surface area contributed by atoms with Gasteiger partial charge in [-0.15, -0.1) is 11.8 Å². The van der Waals surface area contributed by atoms with Crippen molar-refractivity contribution >= 4 is 29.5 Å². The van der Waals surface area contributed by atoms with Crippen molar-refractivity contribution in [2.45, 2.75) is 68.3 Å². The highest BCUT2D eigenvalue weighted by atomic mass is 32.2. The lowest BCUT2D eigenvalue weighted by Gasteiger charge is -2.44. The van der Waals surface area contributed by atoms with E-state index in [-0.39, 0.29) is 35.7 Å². The Morgan fingerprint density at radius 3 is 2.61 bits per heavy atom. The highest BCUT2D eigenvalue weighted by Gasteiger charge is 2.64. The standard InChI is InChI=1S/C21H26N2O4S/c1-12(14-9-10-14)27-20(26)17-21(2,3)28-19-16(18(25)23(17)19)22-15(24)11-13-7-5-4-6-8-13/h4-8,12,14,16-17,19H,9-11H2,1-3H3,(H,22,24)/t12?,16?,17?,19-/m1/s1. The van der Waals surface area contributed by atoms with Gasteiger partial charge in [0.25, 0.3) is 0 Å². The Bertz CT molecular complexity index is 793. The van der Waals surface area contributed by atoms with E-state index in [0.29, 0.717) is 5.92 Å². The summed E-state index contributed by atoms with van der Waals surface area (Å²) in [5.41, 5.74) is 0.901. The first kappa shape index (κ1) is 19.3. The molecule has 150 valence electrons. The molecule has 1 aromatic rings. The summed E-state index contributed by atoms with van der Waals surface area (Å²) >= 11 is 1.55. The number of nitrogens with one attached hydrogen (secondary N) is 1. The zero-order chi connectivity index (χ0) is 20.1. The van der Waals surface area contributed by atoms with Crippen molar-refractivity contribution in [1.82, 2.24) is 10.2 Å². The van der Waals surface area contributed by atoms with Crippen LogP contribution in [0.4, 0.5) is 0 Å². The molecule has 2 amide bonds. The maximum atomic E-state index is 12.8. The molecule has 3 fully saturated rings. The van der Waals surface area contributed by atoms with E-state index in [4.69, 9.17) is 4.74 Å². The zero-order valence-electron chi connectivity index (χ0n) is 16.4. The zero-order valence-corrected chi connectivity index (χ0v) is 17.2. The van der Waals surface area contributed by atoms with Gasteiger partial charge in [-0.1, -0.05) is 30.3 Å². The average Bonchev–Trinajstić information content (AvgIpc) is 3.45. The molecule has 6 nitrogen and oxygen atoms in total. The number of hydrogen-bond donors (Lipinski definition) is 1. The number of carbonyl (C=O) groups is 3. The third kappa shape index (κ3) is 3.52. The van der Waals surface area contributed by atoms with Gasteiger partial charge < -0.3 is 15.0 Å². The van der Waals surface area contributed by atoms with Crippen molar-refractivity contribution in [3.05, 3.63) is 35.9 Å². The summed E-state index contributed by atoms with van der Waals surface area (Å²) in [7, 11) is 0. The third-order valence-corrected chi connectivity index (χ3v) is 7.35. The summed E-state index contributed by atoms with van der Waals surface area (Å²) in [6.07, 6.45) is 2.32. The second kappa shape index (κ2) is 7.10. The van der Waals surface area contributed by atoms with Gasteiger partial charge in [0.15, 0.2) is 0 Å². The highest BCUT2D eigenvalue weighted by Crippen LogP contribution is 2.51. The van der Waals surface area contributed by atoms with E-state index >= 15 is 0 Å². The maximum Gasteiger partial charge on any atom is 0.330 e. The van der Waals surface area contributed by atoms with Crippen LogP contribution in [0.3, 0.4) is 0 Å². The molecule has 2 saturated heterocycles. The number of esters is 1. The van der Waals surface area contributed by atoms with Crippen LogP contribution in [0.25, 0.3) is 0 Å². The first-order valence-corrected chi connectivity index (χ1v) is 10.7. The lowest BCUT2D eigenvalue weighted by molar-refractivity contribution is -0.167. The molecule has 1 N–H and O–H groups in total. The van der Waals surface area contributed by atoms with E-state index in [9.17, 15) is 14.4 Å². The molecule has 1 aliphatic carbocycles. The van der Waals surface area contributed by atoms with Crippen LogP contribution < -0.4 is 5.32 Å². The Hall–Kier alpha value is -2.02. The van der Waals surface area contributed by atoms with Crippen LogP contribution in [0, 0.1) is 5.92 Å². The topological polar surface area (TPSA) is 75.7 Å². The quantitative estimate of drug-likeness (QED) is 0.583. The molecule has 2 heterocycles. The van der Waals surface area contributed by atoms with Gasteiger partial charge in [0.05, 0.1) is 6.42 Å². The smallest absolute Gasteiger partial charge is 0.330 e. The number of hydrogen-bond acceptors (Lipinski definition) is 5. The van der Waals surface area contributed by atoms with Crippen molar-refractivity contribution < 1.29 is 19.1 Å². The number of benzene rings is 1. The number of β-lactam (4-membered cyclic amide) rings is 1. The monoisotopic (exact) mass is 402 g/mol. The van der Waals surface area contributed by atoms with Crippen LogP contribution in [0.15, 0.2) is 30.3 Å². The predicted molar refractivity (Wildman–Crippen MR) is 106 cm³/mol. The van der Waals surface area contributed by atoms with Crippen molar-refractivity contribution in [2.24, 2.45) is 5.92 Å². The van der Waals surface area contributed by atoms with E-state index < -0.39 is 16.8 Å². The van der Waals surface area contributed by atoms with Crippen molar-refractivity contribution in [2.75, 3.05) is 0 Å². The number of amides is 2. The molecule has 0 aromatic heterocycles. The van der Waals surface area contributed by atoms with Crippen molar-refractivity contribution in [1.29, 1.82) is 0 Å². The van der Waals surface area contributed by atoms with Crippen LogP contribution in [0.1, 0.15) is 39.2 Å². The van der Waals surface area contributed by atoms with Crippen LogP contribution in [-0.4, -0.2) is 51.0 Å². The minimum absolute atomic E-state index is 0.106. The van der Waals surface area contributed by atoms with E-state index in [1.54, 1.807) is 16.7 Å². The molecule has 2 aliphatic heterocycles. The minimum Gasteiger partial charge on any atom is -0.461 e. The molecule has 4 atom stereocenters. The number of fused-ring (bicyclic) bond motifs is 1. The summed E-state index contributed by atoms with van der Waals surface area (Å²) in [5.74, 6) is -0.266. The Morgan fingerprint density at radius 2 is 1.96 bits per heavy atom. The fraction of sp³-hybridized carbons (Fsp3) is 0.571. The van der Waals surface area contributed by atoms with Gasteiger partial charge in [0, 0.05) is 4.75 Å². The van der Waals surface area contributed by atoms with Gasteiger partial charge in [0.2, 0.25) is 11.8 Å². The molecule has 28 heavy (non-hydrogen) atoms.